The van der Waals surface area contributed by atoms with Crippen LogP contribution in [0.1, 0.15) is 18.4 Å². The van der Waals surface area contributed by atoms with Gasteiger partial charge in [-0.2, -0.15) is 11.8 Å². The van der Waals surface area contributed by atoms with Gasteiger partial charge in [0.25, 0.3) is 5.91 Å². The van der Waals surface area contributed by atoms with E-state index in [9.17, 15) is 14.3 Å². The van der Waals surface area contributed by atoms with Crippen molar-refractivity contribution in [1.29, 1.82) is 0 Å². The molecule has 6 heteroatoms. The summed E-state index contributed by atoms with van der Waals surface area (Å²) in [6.07, 6.45) is 1.24. The summed E-state index contributed by atoms with van der Waals surface area (Å²) in [5, 5.41) is 10.9. The third-order valence-electron chi connectivity index (χ3n) is 4.61. The first-order chi connectivity index (χ1) is 11.1. The summed E-state index contributed by atoms with van der Waals surface area (Å²) in [6.45, 7) is 3.01. The SMILES string of the molecule is O=C1N(Cc2ccccc2F)CCC[C@@]1(O)CN1CCSCC1. The van der Waals surface area contributed by atoms with Crippen LogP contribution in [0.15, 0.2) is 24.3 Å². The minimum Gasteiger partial charge on any atom is -0.379 e. The highest BCUT2D eigenvalue weighted by atomic mass is 32.2. The van der Waals surface area contributed by atoms with Gasteiger partial charge in [0.15, 0.2) is 5.60 Å². The van der Waals surface area contributed by atoms with Gasteiger partial charge >= 0.3 is 0 Å². The molecule has 1 aromatic rings. The quantitative estimate of drug-likeness (QED) is 0.908. The highest BCUT2D eigenvalue weighted by Gasteiger charge is 2.43. The van der Waals surface area contributed by atoms with E-state index in [0.29, 0.717) is 25.1 Å². The molecule has 2 fully saturated rings. The second-order valence-corrected chi connectivity index (χ2v) is 7.57. The second kappa shape index (κ2) is 7.20. The molecule has 1 amide bonds. The van der Waals surface area contributed by atoms with Gasteiger partial charge < -0.3 is 10.0 Å². The molecule has 1 aromatic carbocycles. The van der Waals surface area contributed by atoms with Crippen molar-refractivity contribution >= 4 is 17.7 Å². The monoisotopic (exact) mass is 338 g/mol. The third-order valence-corrected chi connectivity index (χ3v) is 5.55. The summed E-state index contributed by atoms with van der Waals surface area (Å²) in [5.41, 5.74) is -0.828. The Labute approximate surface area is 140 Å². The van der Waals surface area contributed by atoms with Crippen LogP contribution in [0.3, 0.4) is 0 Å². The number of β-amino-alcohol motifs (C(OH)–C–C–N with tert-alkyl or cyclic N) is 1. The predicted molar refractivity (Wildman–Crippen MR) is 89.8 cm³/mol. The number of hydrogen-bond donors (Lipinski definition) is 1. The number of halogens is 1. The fourth-order valence-corrected chi connectivity index (χ4v) is 4.30. The molecule has 2 saturated heterocycles. The molecular formula is C17H23FN2O2S. The molecule has 0 radical (unpaired) electrons. The largest absolute Gasteiger partial charge is 0.379 e. The first-order valence-corrected chi connectivity index (χ1v) is 9.29. The number of aliphatic hydroxyl groups is 1. The van der Waals surface area contributed by atoms with Crippen molar-refractivity contribution in [1.82, 2.24) is 9.80 Å². The minimum atomic E-state index is -1.33. The Kier molecular flexibility index (Phi) is 5.24. The number of carbonyl (C=O) groups is 1. The first kappa shape index (κ1) is 16.7. The average Bonchev–Trinajstić information content (AvgIpc) is 2.55. The Morgan fingerprint density at radius 3 is 2.70 bits per heavy atom. The lowest BCUT2D eigenvalue weighted by molar-refractivity contribution is -0.160. The maximum Gasteiger partial charge on any atom is 0.256 e. The summed E-state index contributed by atoms with van der Waals surface area (Å²) < 4.78 is 13.8. The molecule has 0 aromatic heterocycles. The maximum absolute atomic E-state index is 13.8. The van der Waals surface area contributed by atoms with Crippen LogP contribution in [0.5, 0.6) is 0 Å². The zero-order valence-corrected chi connectivity index (χ0v) is 14.0. The summed E-state index contributed by atoms with van der Waals surface area (Å²) in [5.74, 6) is 1.53. The van der Waals surface area contributed by atoms with Crippen molar-refractivity contribution in [2.45, 2.75) is 25.0 Å². The van der Waals surface area contributed by atoms with Crippen LogP contribution in [-0.4, -0.2) is 64.1 Å². The van der Waals surface area contributed by atoms with E-state index in [1.807, 2.05) is 11.8 Å². The normalized spacial score (nSPS) is 26.5. The van der Waals surface area contributed by atoms with Crippen molar-refractivity contribution in [3.05, 3.63) is 35.6 Å². The number of benzene rings is 1. The Bertz CT molecular complexity index is 565. The summed E-state index contributed by atoms with van der Waals surface area (Å²) in [6, 6.07) is 6.51. The zero-order valence-electron chi connectivity index (χ0n) is 13.2. The number of amides is 1. The van der Waals surface area contributed by atoms with Crippen LogP contribution >= 0.6 is 11.8 Å². The van der Waals surface area contributed by atoms with Crippen LogP contribution in [0, 0.1) is 5.82 Å². The number of rotatable bonds is 4. The molecular weight excluding hydrogens is 315 g/mol. The van der Waals surface area contributed by atoms with E-state index in [4.69, 9.17) is 0 Å². The molecule has 0 spiro atoms. The lowest BCUT2D eigenvalue weighted by Gasteiger charge is -2.41. The second-order valence-electron chi connectivity index (χ2n) is 6.34. The average molecular weight is 338 g/mol. The van der Waals surface area contributed by atoms with E-state index in [2.05, 4.69) is 4.90 Å². The molecule has 3 rings (SSSR count). The molecule has 1 N–H and O–H groups in total. The molecule has 0 saturated carbocycles. The Morgan fingerprint density at radius 2 is 1.96 bits per heavy atom. The van der Waals surface area contributed by atoms with Crippen molar-refractivity contribution in [2.75, 3.05) is 37.7 Å². The number of carbonyl (C=O) groups excluding carboxylic acids is 1. The van der Waals surface area contributed by atoms with Gasteiger partial charge in [-0.3, -0.25) is 9.69 Å². The lowest BCUT2D eigenvalue weighted by atomic mass is 9.90. The van der Waals surface area contributed by atoms with Crippen LogP contribution in [0.2, 0.25) is 0 Å². The molecule has 1 atom stereocenters. The van der Waals surface area contributed by atoms with Gasteiger partial charge in [0.1, 0.15) is 5.82 Å². The van der Waals surface area contributed by atoms with Crippen molar-refractivity contribution in [3.8, 4) is 0 Å². The van der Waals surface area contributed by atoms with Gasteiger partial charge in [-0.05, 0) is 18.9 Å². The van der Waals surface area contributed by atoms with E-state index in [1.165, 1.54) is 6.07 Å². The molecule has 2 aliphatic heterocycles. The fraction of sp³-hybridized carbons (Fsp3) is 0.588. The zero-order chi connectivity index (χ0) is 16.3. The van der Waals surface area contributed by atoms with Gasteiger partial charge in [-0.25, -0.2) is 4.39 Å². The van der Waals surface area contributed by atoms with Crippen LogP contribution in [0.4, 0.5) is 4.39 Å². The predicted octanol–water partition coefficient (Wildman–Crippen LogP) is 1.73. The molecule has 2 heterocycles. The van der Waals surface area contributed by atoms with Gasteiger partial charge in [-0.1, -0.05) is 18.2 Å². The van der Waals surface area contributed by atoms with Crippen molar-refractivity contribution in [2.24, 2.45) is 0 Å². The maximum atomic E-state index is 13.8. The topological polar surface area (TPSA) is 43.8 Å². The Balaban J connectivity index is 1.68. The van der Waals surface area contributed by atoms with E-state index < -0.39 is 5.60 Å². The molecule has 126 valence electrons. The van der Waals surface area contributed by atoms with E-state index >= 15 is 0 Å². The van der Waals surface area contributed by atoms with E-state index in [-0.39, 0.29) is 18.3 Å². The number of nitrogens with zero attached hydrogens (tertiary/aromatic N) is 2. The molecule has 2 aliphatic rings. The molecule has 23 heavy (non-hydrogen) atoms. The summed E-state index contributed by atoms with van der Waals surface area (Å²) >= 11 is 1.90. The van der Waals surface area contributed by atoms with Crippen LogP contribution < -0.4 is 0 Å². The molecule has 4 nitrogen and oxygen atoms in total. The van der Waals surface area contributed by atoms with Gasteiger partial charge in [0.05, 0.1) is 0 Å². The van der Waals surface area contributed by atoms with Crippen LogP contribution in [-0.2, 0) is 11.3 Å². The van der Waals surface area contributed by atoms with Crippen molar-refractivity contribution in [3.63, 3.8) is 0 Å². The van der Waals surface area contributed by atoms with Gasteiger partial charge in [0.2, 0.25) is 0 Å². The Hall–Kier alpha value is -1.11. The van der Waals surface area contributed by atoms with E-state index in [1.54, 1.807) is 23.1 Å². The highest BCUT2D eigenvalue weighted by molar-refractivity contribution is 7.99. The van der Waals surface area contributed by atoms with Gasteiger partial charge in [-0.15, -0.1) is 0 Å². The number of thioether (sulfide) groups is 1. The summed E-state index contributed by atoms with van der Waals surface area (Å²) in [7, 11) is 0. The van der Waals surface area contributed by atoms with Crippen LogP contribution in [0.25, 0.3) is 0 Å². The molecule has 0 unspecified atom stereocenters. The number of hydrogen-bond acceptors (Lipinski definition) is 4. The number of likely N-dealkylation sites (tertiary alicyclic amines) is 1. The van der Waals surface area contributed by atoms with Crippen molar-refractivity contribution < 1.29 is 14.3 Å². The Morgan fingerprint density at radius 1 is 1.22 bits per heavy atom. The summed E-state index contributed by atoms with van der Waals surface area (Å²) in [4.78, 5) is 16.5. The lowest BCUT2D eigenvalue weighted by Crippen LogP contribution is -2.59. The minimum absolute atomic E-state index is 0.226. The van der Waals surface area contributed by atoms with E-state index in [0.717, 1.165) is 31.0 Å². The fourth-order valence-electron chi connectivity index (χ4n) is 3.32. The molecule has 0 bridgehead atoms. The smallest absolute Gasteiger partial charge is 0.256 e. The molecule has 0 aliphatic carbocycles. The first-order valence-electron chi connectivity index (χ1n) is 8.14. The third kappa shape index (κ3) is 3.87. The highest BCUT2D eigenvalue weighted by Crippen LogP contribution is 2.26. The van der Waals surface area contributed by atoms with Gasteiger partial charge in [0, 0.05) is 49.8 Å². The number of piperidine rings is 1. The standard InChI is InChI=1S/C17H23FN2O2S/c18-15-5-2-1-4-14(15)12-20-7-3-6-17(22,16(20)21)13-19-8-10-23-11-9-19/h1-2,4-5,22H,3,6-13H2/t17-/m1/s1.